The normalized spacial score (nSPS) is 10.8. The number of carbonyl (C=O) groups is 2. The Balaban J connectivity index is 1.81. The maximum absolute atomic E-state index is 12.7. The Morgan fingerprint density at radius 1 is 0.500 bits per heavy atom. The van der Waals surface area contributed by atoms with E-state index in [1.807, 2.05) is 36.4 Å². The van der Waals surface area contributed by atoms with Crippen LogP contribution in [0.2, 0.25) is 0 Å². The van der Waals surface area contributed by atoms with Gasteiger partial charge >= 0.3 is 11.9 Å². The monoisotopic (exact) mass is 494 g/mol. The lowest BCUT2D eigenvalue weighted by Gasteiger charge is -2.10. The lowest BCUT2D eigenvalue weighted by atomic mass is 10.0. The molecule has 0 radical (unpaired) electrons. The van der Waals surface area contributed by atoms with Crippen LogP contribution in [0.5, 0.6) is 0 Å². The number of hydrogen-bond donors (Lipinski definition) is 0. The molecular weight excluding hydrogens is 448 g/mol. The van der Waals surface area contributed by atoms with Crippen LogP contribution in [0.3, 0.4) is 0 Å². The van der Waals surface area contributed by atoms with Crippen molar-refractivity contribution in [2.75, 3.05) is 0 Å². The van der Waals surface area contributed by atoms with E-state index in [1.165, 1.54) is 64.2 Å². The van der Waals surface area contributed by atoms with E-state index in [0.717, 1.165) is 49.7 Å². The van der Waals surface area contributed by atoms with Crippen LogP contribution in [0, 0.1) is 0 Å². The zero-order valence-corrected chi connectivity index (χ0v) is 22.6. The van der Waals surface area contributed by atoms with Crippen LogP contribution in [-0.4, -0.2) is 11.9 Å². The highest BCUT2D eigenvalue weighted by atomic mass is 17.2. The SMILES string of the molecule is CCCCCCCCCc1ccccc1C(=O)OOC(=O)c1ccccc1CCCCCCCCC. The standard InChI is InChI=1S/C32H46O4/c1-3-5-7-9-11-13-15-21-27-23-17-19-25-29(27)31(33)35-36-32(34)30-26-20-18-24-28(30)22-16-14-12-10-8-6-4-2/h17-20,23-26H,3-16,21-22H2,1-2H3. The van der Waals surface area contributed by atoms with Crippen molar-refractivity contribution < 1.29 is 19.4 Å². The van der Waals surface area contributed by atoms with E-state index >= 15 is 0 Å². The first-order valence-electron chi connectivity index (χ1n) is 14.3. The molecule has 0 bridgehead atoms. The minimum atomic E-state index is -0.619. The summed E-state index contributed by atoms with van der Waals surface area (Å²) in [7, 11) is 0. The molecule has 0 atom stereocenters. The number of unbranched alkanes of at least 4 members (excludes halogenated alkanes) is 12. The first-order valence-corrected chi connectivity index (χ1v) is 14.3. The van der Waals surface area contributed by atoms with E-state index in [2.05, 4.69) is 13.8 Å². The van der Waals surface area contributed by atoms with Gasteiger partial charge in [-0.3, -0.25) is 0 Å². The summed E-state index contributed by atoms with van der Waals surface area (Å²) >= 11 is 0. The Morgan fingerprint density at radius 3 is 1.22 bits per heavy atom. The van der Waals surface area contributed by atoms with Gasteiger partial charge < -0.3 is 0 Å². The molecule has 198 valence electrons. The van der Waals surface area contributed by atoms with Gasteiger partial charge in [-0.05, 0) is 48.9 Å². The molecule has 0 unspecified atom stereocenters. The smallest absolute Gasteiger partial charge is 0.241 e. The molecule has 0 aliphatic heterocycles. The lowest BCUT2D eigenvalue weighted by molar-refractivity contribution is -0.187. The summed E-state index contributed by atoms with van der Waals surface area (Å²) in [6, 6.07) is 14.9. The average Bonchev–Trinajstić information content (AvgIpc) is 2.91. The minimum Gasteiger partial charge on any atom is -0.241 e. The largest absolute Gasteiger partial charge is 0.386 e. The van der Waals surface area contributed by atoms with Crippen LogP contribution in [0.4, 0.5) is 0 Å². The van der Waals surface area contributed by atoms with Gasteiger partial charge in [0.25, 0.3) is 0 Å². The molecule has 2 rings (SSSR count). The van der Waals surface area contributed by atoms with E-state index < -0.39 is 11.9 Å². The molecule has 0 aliphatic rings. The van der Waals surface area contributed by atoms with Gasteiger partial charge in [0, 0.05) is 0 Å². The van der Waals surface area contributed by atoms with Crippen LogP contribution in [-0.2, 0) is 22.6 Å². The highest BCUT2D eigenvalue weighted by Crippen LogP contribution is 2.18. The number of aryl methyl sites for hydroxylation is 2. The highest BCUT2D eigenvalue weighted by Gasteiger charge is 2.18. The molecule has 4 nitrogen and oxygen atoms in total. The summed E-state index contributed by atoms with van der Waals surface area (Å²) in [4.78, 5) is 35.4. The van der Waals surface area contributed by atoms with Gasteiger partial charge in [-0.2, -0.15) is 0 Å². The van der Waals surface area contributed by atoms with E-state index in [-0.39, 0.29) is 0 Å². The molecule has 0 amide bonds. The van der Waals surface area contributed by atoms with Gasteiger partial charge in [0.15, 0.2) is 0 Å². The van der Waals surface area contributed by atoms with Crippen molar-refractivity contribution >= 4 is 11.9 Å². The number of carbonyl (C=O) groups excluding carboxylic acids is 2. The maximum atomic E-state index is 12.7. The van der Waals surface area contributed by atoms with Crippen LogP contribution < -0.4 is 0 Å². The fraction of sp³-hybridized carbons (Fsp3) is 0.562. The van der Waals surface area contributed by atoms with Gasteiger partial charge in [0.1, 0.15) is 0 Å². The number of hydrogen-bond acceptors (Lipinski definition) is 4. The number of benzene rings is 2. The van der Waals surface area contributed by atoms with Crippen molar-refractivity contribution in [3.63, 3.8) is 0 Å². The highest BCUT2D eigenvalue weighted by molar-refractivity contribution is 5.93. The zero-order valence-electron chi connectivity index (χ0n) is 22.6. The molecular formula is C32H46O4. The van der Waals surface area contributed by atoms with Crippen molar-refractivity contribution in [1.82, 2.24) is 0 Å². The van der Waals surface area contributed by atoms with Crippen LogP contribution in [0.15, 0.2) is 48.5 Å². The van der Waals surface area contributed by atoms with Crippen LogP contribution >= 0.6 is 0 Å². The Hall–Kier alpha value is -2.62. The van der Waals surface area contributed by atoms with Crippen molar-refractivity contribution in [2.24, 2.45) is 0 Å². The maximum Gasteiger partial charge on any atom is 0.386 e. The molecule has 0 saturated carbocycles. The predicted molar refractivity (Wildman–Crippen MR) is 147 cm³/mol. The van der Waals surface area contributed by atoms with Crippen LogP contribution in [0.1, 0.15) is 136 Å². The Kier molecular flexibility index (Phi) is 15.3. The summed E-state index contributed by atoms with van der Waals surface area (Å²) in [5.74, 6) is -1.24. The van der Waals surface area contributed by atoms with E-state index in [9.17, 15) is 9.59 Å². The molecule has 0 saturated heterocycles. The third-order valence-corrected chi connectivity index (χ3v) is 6.77. The van der Waals surface area contributed by atoms with Crippen LogP contribution in [0.25, 0.3) is 0 Å². The third kappa shape index (κ3) is 11.4. The third-order valence-electron chi connectivity index (χ3n) is 6.77. The number of rotatable bonds is 18. The van der Waals surface area contributed by atoms with Gasteiger partial charge in [0.2, 0.25) is 0 Å². The summed E-state index contributed by atoms with van der Waals surface area (Å²) in [6.07, 6.45) is 18.7. The Labute approximate surface area is 218 Å². The van der Waals surface area contributed by atoms with Gasteiger partial charge in [0.05, 0.1) is 11.1 Å². The van der Waals surface area contributed by atoms with Crippen molar-refractivity contribution in [3.05, 3.63) is 70.8 Å². The lowest BCUT2D eigenvalue weighted by Crippen LogP contribution is -2.14. The fourth-order valence-corrected chi connectivity index (χ4v) is 4.59. The first kappa shape index (κ1) is 29.6. The second-order valence-corrected chi connectivity index (χ2v) is 9.80. The molecule has 4 heteroatoms. The quantitative estimate of drug-likeness (QED) is 0.118. The van der Waals surface area contributed by atoms with E-state index in [4.69, 9.17) is 9.78 Å². The minimum absolute atomic E-state index is 0.465. The molecule has 36 heavy (non-hydrogen) atoms. The summed E-state index contributed by atoms with van der Waals surface area (Å²) < 4.78 is 0. The molecule has 0 aromatic heterocycles. The predicted octanol–water partition coefficient (Wildman–Crippen LogP) is 9.20. The van der Waals surface area contributed by atoms with Crippen molar-refractivity contribution in [1.29, 1.82) is 0 Å². The Morgan fingerprint density at radius 2 is 0.833 bits per heavy atom. The molecule has 0 fully saturated rings. The molecule has 0 aliphatic carbocycles. The fourth-order valence-electron chi connectivity index (χ4n) is 4.59. The molecule has 0 spiro atoms. The summed E-state index contributed by atoms with van der Waals surface area (Å²) in [5, 5.41) is 0. The zero-order chi connectivity index (χ0) is 25.8. The van der Waals surface area contributed by atoms with Crippen molar-refractivity contribution in [3.8, 4) is 0 Å². The van der Waals surface area contributed by atoms with Crippen molar-refractivity contribution in [2.45, 2.75) is 117 Å². The van der Waals surface area contributed by atoms with E-state index in [0.29, 0.717) is 11.1 Å². The van der Waals surface area contributed by atoms with Gasteiger partial charge in [-0.1, -0.05) is 127 Å². The molecule has 2 aromatic rings. The average molecular weight is 495 g/mol. The topological polar surface area (TPSA) is 52.6 Å². The van der Waals surface area contributed by atoms with Gasteiger partial charge in [-0.15, -0.1) is 0 Å². The summed E-state index contributed by atoms with van der Waals surface area (Å²) in [6.45, 7) is 4.45. The Bertz CT molecular complexity index is 816. The molecule has 0 N–H and O–H groups in total. The molecule has 2 aromatic carbocycles. The second kappa shape index (κ2) is 18.6. The summed E-state index contributed by atoms with van der Waals surface area (Å²) in [5.41, 5.74) is 2.80. The first-order chi connectivity index (χ1) is 17.7. The van der Waals surface area contributed by atoms with E-state index in [1.54, 1.807) is 12.1 Å². The second-order valence-electron chi connectivity index (χ2n) is 9.80. The molecule has 0 heterocycles. The van der Waals surface area contributed by atoms with Gasteiger partial charge in [-0.25, -0.2) is 19.4 Å².